The molecular weight excluding hydrogens is 556 g/mol. The van der Waals surface area contributed by atoms with Crippen LogP contribution in [0, 0.1) is 6.92 Å². The number of hydrogen-bond donors (Lipinski definition) is 1. The minimum absolute atomic E-state index is 0.105. The van der Waals surface area contributed by atoms with E-state index in [0.29, 0.717) is 29.4 Å². The predicted molar refractivity (Wildman–Crippen MR) is 145 cm³/mol. The van der Waals surface area contributed by atoms with Crippen molar-refractivity contribution in [3.63, 3.8) is 0 Å². The lowest BCUT2D eigenvalue weighted by atomic mass is 9.88. The molecule has 0 aliphatic carbocycles. The molecule has 2 aromatic carbocycles. The normalized spacial score (nSPS) is 17.1. The van der Waals surface area contributed by atoms with Crippen LogP contribution >= 0.6 is 0 Å². The molecule has 1 fully saturated rings. The average molecular weight is 584 g/mol. The lowest BCUT2D eigenvalue weighted by molar-refractivity contribution is -0.140. The summed E-state index contributed by atoms with van der Waals surface area (Å²) in [7, 11) is -4.36. The molecule has 0 saturated carbocycles. The molecule has 5 rings (SSSR count). The Bertz CT molecular complexity index is 1710. The molecule has 1 amide bonds. The maximum absolute atomic E-state index is 13.9. The molecule has 2 aromatic heterocycles. The van der Waals surface area contributed by atoms with Gasteiger partial charge in [-0.3, -0.25) is 9.78 Å². The number of aromatic nitrogens is 2. The molecular formula is C29H27F2N3O6S. The molecule has 3 heterocycles. The summed E-state index contributed by atoms with van der Waals surface area (Å²) in [6, 6.07) is 15.9. The molecule has 0 spiro atoms. The van der Waals surface area contributed by atoms with E-state index in [4.69, 9.17) is 9.47 Å². The first kappa shape index (κ1) is 28.4. The molecule has 0 unspecified atom stereocenters. The number of pyridine rings is 2. The van der Waals surface area contributed by atoms with Gasteiger partial charge >= 0.3 is 6.61 Å². The SMILES string of the molecule is CCc1ccc(Oc2cccnc2OC(F)F)c([C@]2(C(=O)NS(=O)(=O)c3cccc4nc(C)ccc34)CCCO2)c1. The van der Waals surface area contributed by atoms with E-state index < -0.39 is 34.0 Å². The fraction of sp³-hybridized carbons (Fsp3) is 0.276. The third kappa shape index (κ3) is 5.70. The third-order valence-corrected chi connectivity index (χ3v) is 8.17. The van der Waals surface area contributed by atoms with Crippen molar-refractivity contribution in [1.29, 1.82) is 0 Å². The van der Waals surface area contributed by atoms with Gasteiger partial charge in [-0.1, -0.05) is 19.1 Å². The Hall–Kier alpha value is -4.16. The Morgan fingerprint density at radius 1 is 1.12 bits per heavy atom. The number of hydrogen-bond acceptors (Lipinski definition) is 8. The highest BCUT2D eigenvalue weighted by Crippen LogP contribution is 2.44. The number of ether oxygens (including phenoxy) is 3. The van der Waals surface area contributed by atoms with Gasteiger partial charge < -0.3 is 14.2 Å². The minimum Gasteiger partial charge on any atom is -0.451 e. The van der Waals surface area contributed by atoms with Crippen molar-refractivity contribution < 1.29 is 36.2 Å². The van der Waals surface area contributed by atoms with Crippen molar-refractivity contribution in [2.75, 3.05) is 6.61 Å². The lowest BCUT2D eigenvalue weighted by Gasteiger charge is -2.29. The Balaban J connectivity index is 1.56. The van der Waals surface area contributed by atoms with E-state index in [1.165, 1.54) is 24.4 Å². The Morgan fingerprint density at radius 3 is 2.68 bits per heavy atom. The fourth-order valence-corrected chi connectivity index (χ4v) is 6.06. The van der Waals surface area contributed by atoms with E-state index in [0.717, 1.165) is 5.56 Å². The number of benzene rings is 2. The van der Waals surface area contributed by atoms with Crippen LogP contribution in [0.3, 0.4) is 0 Å². The van der Waals surface area contributed by atoms with E-state index in [-0.39, 0.29) is 35.0 Å². The number of aryl methyl sites for hydroxylation is 2. The number of sulfonamides is 1. The van der Waals surface area contributed by atoms with Crippen LogP contribution < -0.4 is 14.2 Å². The quantitative estimate of drug-likeness (QED) is 0.278. The summed E-state index contributed by atoms with van der Waals surface area (Å²) in [5.41, 5.74) is 0.525. The largest absolute Gasteiger partial charge is 0.451 e. The van der Waals surface area contributed by atoms with Gasteiger partial charge in [-0.25, -0.2) is 18.1 Å². The number of amides is 1. The molecule has 4 aromatic rings. The smallest absolute Gasteiger partial charge is 0.388 e. The second kappa shape index (κ2) is 11.4. The first-order chi connectivity index (χ1) is 19.6. The van der Waals surface area contributed by atoms with Gasteiger partial charge in [0, 0.05) is 29.4 Å². The summed E-state index contributed by atoms with van der Waals surface area (Å²) in [5.74, 6) is -1.35. The molecule has 214 valence electrons. The summed E-state index contributed by atoms with van der Waals surface area (Å²) in [6.07, 6.45) is 2.49. The standard InChI is InChI=1S/C29H27F2N3O6S/c1-3-19-11-13-23(39-24-8-5-15-32-26(24)40-28(30)31)21(17-19)29(14-6-16-38-29)27(35)34-41(36,37)25-9-4-7-22-20(25)12-10-18(2)33-22/h4-5,7-13,15,17,28H,3,6,14,16H2,1-2H3,(H,34,35)/t29-/m0/s1. The highest BCUT2D eigenvalue weighted by atomic mass is 32.2. The molecule has 1 saturated heterocycles. The minimum atomic E-state index is -4.36. The number of nitrogens with zero attached hydrogens (tertiary/aromatic N) is 2. The van der Waals surface area contributed by atoms with Crippen LogP contribution in [0.2, 0.25) is 0 Å². The monoisotopic (exact) mass is 583 g/mol. The number of alkyl halides is 2. The van der Waals surface area contributed by atoms with E-state index >= 15 is 0 Å². The molecule has 0 radical (unpaired) electrons. The number of fused-ring (bicyclic) bond motifs is 1. The summed E-state index contributed by atoms with van der Waals surface area (Å²) in [6.45, 7) is 0.760. The van der Waals surface area contributed by atoms with Gasteiger partial charge in [-0.2, -0.15) is 8.78 Å². The Kier molecular flexibility index (Phi) is 7.87. The van der Waals surface area contributed by atoms with Crippen molar-refractivity contribution >= 4 is 26.8 Å². The number of carbonyl (C=O) groups excluding carboxylic acids is 1. The van der Waals surface area contributed by atoms with Crippen LogP contribution in [-0.2, 0) is 31.6 Å². The Labute approximate surface area is 235 Å². The van der Waals surface area contributed by atoms with Gasteiger partial charge in [0.2, 0.25) is 0 Å². The van der Waals surface area contributed by atoms with E-state index in [9.17, 15) is 22.0 Å². The highest BCUT2D eigenvalue weighted by Gasteiger charge is 2.48. The lowest BCUT2D eigenvalue weighted by Crippen LogP contribution is -2.46. The highest BCUT2D eigenvalue weighted by molar-refractivity contribution is 7.90. The van der Waals surface area contributed by atoms with Crippen LogP contribution in [0.15, 0.2) is 71.8 Å². The summed E-state index contributed by atoms with van der Waals surface area (Å²) in [4.78, 5) is 22.0. The fourth-order valence-electron chi connectivity index (χ4n) is 4.82. The van der Waals surface area contributed by atoms with Gasteiger partial charge in [0.25, 0.3) is 21.8 Å². The van der Waals surface area contributed by atoms with Crippen molar-refractivity contribution in [3.05, 3.63) is 83.7 Å². The van der Waals surface area contributed by atoms with Crippen molar-refractivity contribution in [3.8, 4) is 17.4 Å². The average Bonchev–Trinajstić information content (AvgIpc) is 3.45. The van der Waals surface area contributed by atoms with Crippen LogP contribution in [0.4, 0.5) is 8.78 Å². The number of rotatable bonds is 9. The first-order valence-electron chi connectivity index (χ1n) is 12.9. The predicted octanol–water partition coefficient (Wildman–Crippen LogP) is 5.41. The number of nitrogens with one attached hydrogen (secondary N) is 1. The molecule has 1 atom stereocenters. The van der Waals surface area contributed by atoms with E-state index in [1.54, 1.807) is 49.4 Å². The van der Waals surface area contributed by atoms with Gasteiger partial charge in [0.05, 0.1) is 10.4 Å². The summed E-state index contributed by atoms with van der Waals surface area (Å²) < 4.78 is 71.8. The van der Waals surface area contributed by atoms with Gasteiger partial charge in [0.1, 0.15) is 5.75 Å². The molecule has 1 N–H and O–H groups in total. The zero-order valence-corrected chi connectivity index (χ0v) is 23.1. The number of halogens is 2. The number of carbonyl (C=O) groups is 1. The maximum atomic E-state index is 13.9. The third-order valence-electron chi connectivity index (χ3n) is 6.78. The first-order valence-corrected chi connectivity index (χ1v) is 14.4. The zero-order chi connectivity index (χ0) is 29.2. The van der Waals surface area contributed by atoms with Crippen LogP contribution in [0.5, 0.6) is 17.4 Å². The molecule has 0 bridgehead atoms. The Morgan fingerprint density at radius 2 is 1.95 bits per heavy atom. The topological polar surface area (TPSA) is 117 Å². The molecule has 41 heavy (non-hydrogen) atoms. The van der Waals surface area contributed by atoms with Crippen molar-refractivity contribution in [2.45, 2.75) is 50.2 Å². The molecule has 9 nitrogen and oxygen atoms in total. The molecule has 1 aliphatic rings. The van der Waals surface area contributed by atoms with Crippen molar-refractivity contribution in [1.82, 2.24) is 14.7 Å². The van der Waals surface area contributed by atoms with Crippen LogP contribution in [0.1, 0.15) is 36.6 Å². The van der Waals surface area contributed by atoms with Gasteiger partial charge in [0.15, 0.2) is 11.4 Å². The van der Waals surface area contributed by atoms with Crippen LogP contribution in [0.25, 0.3) is 10.9 Å². The van der Waals surface area contributed by atoms with Crippen molar-refractivity contribution in [2.24, 2.45) is 0 Å². The molecule has 1 aliphatic heterocycles. The van der Waals surface area contributed by atoms with E-state index in [2.05, 4.69) is 19.4 Å². The van der Waals surface area contributed by atoms with Crippen LogP contribution in [-0.4, -0.2) is 37.5 Å². The second-order valence-electron chi connectivity index (χ2n) is 9.46. The zero-order valence-electron chi connectivity index (χ0n) is 22.3. The maximum Gasteiger partial charge on any atom is 0.388 e. The van der Waals surface area contributed by atoms with E-state index in [1.807, 2.05) is 6.92 Å². The van der Waals surface area contributed by atoms with Gasteiger partial charge in [-0.05, 0) is 80.3 Å². The van der Waals surface area contributed by atoms with Gasteiger partial charge in [-0.15, -0.1) is 0 Å². The molecule has 12 heteroatoms. The summed E-state index contributed by atoms with van der Waals surface area (Å²) in [5, 5.41) is 0.361. The second-order valence-corrected chi connectivity index (χ2v) is 11.1. The summed E-state index contributed by atoms with van der Waals surface area (Å²) >= 11 is 0.